The number of aromatic nitrogens is 2. The Morgan fingerprint density at radius 1 is 1.33 bits per heavy atom. The van der Waals surface area contributed by atoms with E-state index in [1.54, 1.807) is 24.3 Å². The van der Waals surface area contributed by atoms with Gasteiger partial charge in [-0.05, 0) is 43.4 Å². The number of hydrogen-bond acceptors (Lipinski definition) is 5. The van der Waals surface area contributed by atoms with E-state index in [0.717, 1.165) is 0 Å². The molecular weight excluding hydrogens is 294 g/mol. The first-order valence-corrected chi connectivity index (χ1v) is 6.52. The van der Waals surface area contributed by atoms with E-state index in [-0.39, 0.29) is 4.77 Å². The first-order valence-electron chi connectivity index (χ1n) is 6.11. The summed E-state index contributed by atoms with van der Waals surface area (Å²) in [5, 5.41) is 12.1. The van der Waals surface area contributed by atoms with Gasteiger partial charge in [0.15, 0.2) is 10.3 Å². The molecule has 0 radical (unpaired) electrons. The van der Waals surface area contributed by atoms with Crippen molar-refractivity contribution in [2.45, 2.75) is 6.92 Å². The van der Waals surface area contributed by atoms with Crippen LogP contribution in [0.4, 0.5) is 5.69 Å². The van der Waals surface area contributed by atoms with Crippen LogP contribution in [0.3, 0.4) is 0 Å². The number of hydrogen-bond donors (Lipinski definition) is 4. The Bertz CT molecular complexity index is 764. The fourth-order valence-electron chi connectivity index (χ4n) is 1.68. The Balaban J connectivity index is 2.22. The van der Waals surface area contributed by atoms with Crippen molar-refractivity contribution in [2.24, 2.45) is 0 Å². The maximum atomic E-state index is 12.0. The van der Waals surface area contributed by atoms with Crippen molar-refractivity contribution >= 4 is 23.8 Å². The van der Waals surface area contributed by atoms with Gasteiger partial charge in [0.2, 0.25) is 5.88 Å². The van der Waals surface area contributed by atoms with Gasteiger partial charge in [-0.3, -0.25) is 14.6 Å². The fourth-order valence-corrected chi connectivity index (χ4v) is 1.87. The van der Waals surface area contributed by atoms with Crippen LogP contribution in [-0.2, 0) is 0 Å². The molecule has 110 valence electrons. The zero-order valence-corrected chi connectivity index (χ0v) is 11.9. The summed E-state index contributed by atoms with van der Waals surface area (Å²) in [6, 6.07) is 6.61. The number of carbonyl (C=O) groups excluding carboxylic acids is 1. The van der Waals surface area contributed by atoms with Crippen LogP contribution >= 0.6 is 12.2 Å². The van der Waals surface area contributed by atoms with Gasteiger partial charge in [0.1, 0.15) is 5.75 Å². The Labute approximate surface area is 124 Å². The van der Waals surface area contributed by atoms with E-state index in [1.165, 1.54) is 0 Å². The Morgan fingerprint density at radius 3 is 2.57 bits per heavy atom. The standard InChI is InChI=1S/C13H13N3O4S/c1-2-20-8-5-3-7(4-6-8)14-10(17)9-11(18)15-13(21)16-12(9)19/h3-6H,2H2,1H3,(H,14,17)(H3,15,16,18,19,21). The highest BCUT2D eigenvalue weighted by Crippen LogP contribution is 2.17. The maximum absolute atomic E-state index is 12.0. The Morgan fingerprint density at radius 2 is 2.00 bits per heavy atom. The highest BCUT2D eigenvalue weighted by atomic mass is 32.1. The summed E-state index contributed by atoms with van der Waals surface area (Å²) in [5.74, 6) is -0.656. The lowest BCUT2D eigenvalue weighted by Crippen LogP contribution is -2.24. The third kappa shape index (κ3) is 3.48. The van der Waals surface area contributed by atoms with E-state index in [0.29, 0.717) is 18.0 Å². The Kier molecular flexibility index (Phi) is 4.39. The monoisotopic (exact) mass is 307 g/mol. The Hall–Kier alpha value is -2.61. The molecule has 0 aliphatic heterocycles. The molecule has 1 amide bonds. The second-order valence-corrected chi connectivity index (χ2v) is 4.45. The predicted octanol–water partition coefficient (Wildman–Crippen LogP) is 1.79. The molecule has 0 saturated heterocycles. The molecule has 1 aromatic heterocycles. The van der Waals surface area contributed by atoms with Crippen molar-refractivity contribution in [3.05, 3.63) is 45.0 Å². The van der Waals surface area contributed by atoms with Gasteiger partial charge in [0.05, 0.1) is 6.61 Å². The summed E-state index contributed by atoms with van der Waals surface area (Å²) in [6.45, 7) is 2.41. The molecule has 0 saturated carbocycles. The van der Waals surface area contributed by atoms with Gasteiger partial charge in [-0.1, -0.05) is 0 Å². The van der Waals surface area contributed by atoms with Crippen LogP contribution in [0.1, 0.15) is 17.3 Å². The highest BCUT2D eigenvalue weighted by molar-refractivity contribution is 7.71. The quantitative estimate of drug-likeness (QED) is 0.644. The zero-order valence-electron chi connectivity index (χ0n) is 11.1. The van der Waals surface area contributed by atoms with Crippen molar-refractivity contribution < 1.29 is 14.6 Å². The van der Waals surface area contributed by atoms with Gasteiger partial charge >= 0.3 is 0 Å². The van der Waals surface area contributed by atoms with E-state index in [1.807, 2.05) is 6.92 Å². The SMILES string of the molecule is CCOc1ccc(NC(=O)c2c(O)[nH]c(=S)[nH]c2=O)cc1. The zero-order chi connectivity index (χ0) is 15.4. The summed E-state index contributed by atoms with van der Waals surface area (Å²) in [6.07, 6.45) is 0. The average molecular weight is 307 g/mol. The number of aromatic amines is 2. The lowest BCUT2D eigenvalue weighted by Gasteiger charge is -2.07. The molecule has 2 aromatic rings. The van der Waals surface area contributed by atoms with Gasteiger partial charge in [-0.15, -0.1) is 0 Å². The predicted molar refractivity (Wildman–Crippen MR) is 79.5 cm³/mol. The second-order valence-electron chi connectivity index (χ2n) is 4.04. The number of ether oxygens (including phenoxy) is 1. The smallest absolute Gasteiger partial charge is 0.268 e. The van der Waals surface area contributed by atoms with E-state index in [2.05, 4.69) is 27.5 Å². The molecule has 4 N–H and O–H groups in total. The van der Waals surface area contributed by atoms with Gasteiger partial charge in [-0.2, -0.15) is 0 Å². The number of anilines is 1. The van der Waals surface area contributed by atoms with Crippen LogP contribution < -0.4 is 15.6 Å². The second kappa shape index (κ2) is 6.23. The van der Waals surface area contributed by atoms with Crippen LogP contribution in [0.25, 0.3) is 0 Å². The summed E-state index contributed by atoms with van der Waals surface area (Å²) in [5.41, 5.74) is -0.734. The molecule has 0 atom stereocenters. The van der Waals surface area contributed by atoms with E-state index < -0.39 is 22.9 Å². The van der Waals surface area contributed by atoms with Gasteiger partial charge in [-0.25, -0.2) is 0 Å². The van der Waals surface area contributed by atoms with E-state index in [9.17, 15) is 14.7 Å². The molecule has 0 bridgehead atoms. The summed E-state index contributed by atoms with van der Waals surface area (Å²) in [7, 11) is 0. The number of rotatable bonds is 4. The largest absolute Gasteiger partial charge is 0.494 e. The normalized spacial score (nSPS) is 10.1. The summed E-state index contributed by atoms with van der Waals surface area (Å²) < 4.78 is 5.22. The summed E-state index contributed by atoms with van der Waals surface area (Å²) >= 11 is 4.69. The molecule has 8 heteroatoms. The molecule has 2 rings (SSSR count). The van der Waals surface area contributed by atoms with Gasteiger partial charge < -0.3 is 20.1 Å². The number of benzene rings is 1. The minimum atomic E-state index is -0.764. The van der Waals surface area contributed by atoms with Crippen molar-refractivity contribution in [1.82, 2.24) is 9.97 Å². The molecule has 0 aliphatic carbocycles. The number of H-pyrrole nitrogens is 2. The minimum Gasteiger partial charge on any atom is -0.494 e. The molecule has 7 nitrogen and oxygen atoms in total. The van der Waals surface area contributed by atoms with Crippen molar-refractivity contribution in [1.29, 1.82) is 0 Å². The molecule has 0 aliphatic rings. The third-order valence-electron chi connectivity index (χ3n) is 2.57. The number of aromatic hydroxyl groups is 1. The molecule has 1 heterocycles. The van der Waals surface area contributed by atoms with Crippen molar-refractivity contribution in [3.63, 3.8) is 0 Å². The highest BCUT2D eigenvalue weighted by Gasteiger charge is 2.17. The molecule has 0 fully saturated rings. The summed E-state index contributed by atoms with van der Waals surface area (Å²) in [4.78, 5) is 28.2. The average Bonchev–Trinajstić information content (AvgIpc) is 2.40. The number of nitrogens with one attached hydrogen (secondary N) is 3. The van der Waals surface area contributed by atoms with Crippen LogP contribution in [0, 0.1) is 4.77 Å². The first kappa shape index (κ1) is 14.8. The minimum absolute atomic E-state index is 0.0601. The third-order valence-corrected chi connectivity index (χ3v) is 2.78. The molecular formula is C13H13N3O4S. The number of amides is 1. The van der Waals surface area contributed by atoms with E-state index >= 15 is 0 Å². The lowest BCUT2D eigenvalue weighted by atomic mass is 10.2. The molecule has 0 unspecified atom stereocenters. The van der Waals surface area contributed by atoms with Crippen LogP contribution in [0.2, 0.25) is 0 Å². The first-order chi connectivity index (χ1) is 10.0. The van der Waals surface area contributed by atoms with E-state index in [4.69, 9.17) is 4.74 Å². The van der Waals surface area contributed by atoms with Crippen LogP contribution in [0.5, 0.6) is 11.6 Å². The lowest BCUT2D eigenvalue weighted by molar-refractivity contribution is 0.102. The number of carbonyl (C=O) groups is 1. The van der Waals surface area contributed by atoms with Gasteiger partial charge in [0.25, 0.3) is 11.5 Å². The van der Waals surface area contributed by atoms with Crippen LogP contribution in [-0.4, -0.2) is 27.6 Å². The fraction of sp³-hybridized carbons (Fsp3) is 0.154. The molecule has 0 spiro atoms. The topological polar surface area (TPSA) is 107 Å². The van der Waals surface area contributed by atoms with Crippen LogP contribution in [0.15, 0.2) is 29.1 Å². The molecule has 1 aromatic carbocycles. The van der Waals surface area contributed by atoms with Gasteiger partial charge in [0, 0.05) is 5.69 Å². The van der Waals surface area contributed by atoms with Crippen molar-refractivity contribution in [2.75, 3.05) is 11.9 Å². The maximum Gasteiger partial charge on any atom is 0.268 e. The van der Waals surface area contributed by atoms with Crippen molar-refractivity contribution in [3.8, 4) is 11.6 Å². The molecule has 21 heavy (non-hydrogen) atoms.